The van der Waals surface area contributed by atoms with Crippen molar-refractivity contribution in [1.82, 2.24) is 15.5 Å². The minimum absolute atomic E-state index is 0.0560. The summed E-state index contributed by atoms with van der Waals surface area (Å²) < 4.78 is 5.53. The quantitative estimate of drug-likeness (QED) is 0.634. The third kappa shape index (κ3) is 6.08. The number of furan rings is 1. The molecule has 7 heteroatoms. The number of carbonyl (C=O) groups is 2. The zero-order chi connectivity index (χ0) is 18.4. The number of carboxylic acid groups (broad SMARTS) is 1. The number of nitrogens with zero attached hydrogens (tertiary/aromatic N) is 1. The van der Waals surface area contributed by atoms with Gasteiger partial charge >= 0.3 is 12.0 Å². The Morgan fingerprint density at radius 2 is 2.12 bits per heavy atom. The van der Waals surface area contributed by atoms with Crippen LogP contribution in [-0.4, -0.2) is 53.2 Å². The normalized spacial score (nSPS) is 20.8. The van der Waals surface area contributed by atoms with Gasteiger partial charge in [0.2, 0.25) is 0 Å². The van der Waals surface area contributed by atoms with Gasteiger partial charge in [-0.05, 0) is 51.8 Å². The number of amides is 2. The second kappa shape index (κ2) is 8.89. The highest BCUT2D eigenvalue weighted by Crippen LogP contribution is 2.25. The highest BCUT2D eigenvalue weighted by atomic mass is 16.4. The SMILES string of the molecule is CCN(CC(=O)O)C1CC(NC(=O)NC(C)CCc2ccc(C)o2)C1. The fraction of sp³-hybridized carbons (Fsp3) is 0.667. The number of hydrogen-bond acceptors (Lipinski definition) is 4. The first kappa shape index (κ1) is 19.3. The largest absolute Gasteiger partial charge is 0.480 e. The Bertz CT molecular complexity index is 581. The van der Waals surface area contributed by atoms with Gasteiger partial charge in [0, 0.05) is 24.5 Å². The van der Waals surface area contributed by atoms with Crippen molar-refractivity contribution in [3.63, 3.8) is 0 Å². The van der Waals surface area contributed by atoms with Crippen molar-refractivity contribution < 1.29 is 19.1 Å². The number of urea groups is 1. The minimum atomic E-state index is -0.809. The molecule has 1 aromatic heterocycles. The second-order valence-electron chi connectivity index (χ2n) is 6.85. The van der Waals surface area contributed by atoms with Gasteiger partial charge < -0.3 is 20.2 Å². The van der Waals surface area contributed by atoms with Gasteiger partial charge in [0.15, 0.2) is 0 Å². The number of aryl methyl sites for hydroxylation is 2. The van der Waals surface area contributed by atoms with Crippen LogP contribution < -0.4 is 10.6 Å². The molecule has 1 heterocycles. The van der Waals surface area contributed by atoms with Crippen LogP contribution >= 0.6 is 0 Å². The summed E-state index contributed by atoms with van der Waals surface area (Å²) in [5.74, 6) is 1.03. The lowest BCUT2D eigenvalue weighted by molar-refractivity contribution is -0.139. The van der Waals surface area contributed by atoms with Gasteiger partial charge in [-0.25, -0.2) is 4.79 Å². The van der Waals surface area contributed by atoms with Crippen LogP contribution in [0.2, 0.25) is 0 Å². The number of rotatable bonds is 9. The molecule has 2 rings (SSSR count). The van der Waals surface area contributed by atoms with Gasteiger partial charge in [0.1, 0.15) is 11.5 Å². The highest BCUT2D eigenvalue weighted by Gasteiger charge is 2.34. The summed E-state index contributed by atoms with van der Waals surface area (Å²) >= 11 is 0. The zero-order valence-electron chi connectivity index (χ0n) is 15.2. The minimum Gasteiger partial charge on any atom is -0.480 e. The predicted molar refractivity (Wildman–Crippen MR) is 94.6 cm³/mol. The fourth-order valence-corrected chi connectivity index (χ4v) is 3.18. The summed E-state index contributed by atoms with van der Waals surface area (Å²) in [7, 11) is 0. The first-order valence-corrected chi connectivity index (χ1v) is 8.95. The van der Waals surface area contributed by atoms with E-state index in [9.17, 15) is 9.59 Å². The maximum atomic E-state index is 12.0. The van der Waals surface area contributed by atoms with E-state index in [1.165, 1.54) is 0 Å². The average Bonchev–Trinajstić information content (AvgIpc) is 2.92. The number of aliphatic carboxylic acids is 1. The van der Waals surface area contributed by atoms with Gasteiger partial charge in [0.05, 0.1) is 6.54 Å². The summed E-state index contributed by atoms with van der Waals surface area (Å²) in [6, 6.07) is 4.16. The summed E-state index contributed by atoms with van der Waals surface area (Å²) in [5.41, 5.74) is 0. The topological polar surface area (TPSA) is 94.8 Å². The molecule has 0 aliphatic heterocycles. The van der Waals surface area contributed by atoms with Crippen LogP contribution in [-0.2, 0) is 11.2 Å². The van der Waals surface area contributed by atoms with Crippen molar-refractivity contribution in [2.75, 3.05) is 13.1 Å². The van der Waals surface area contributed by atoms with Crippen LogP contribution in [0.25, 0.3) is 0 Å². The molecule has 0 bridgehead atoms. The molecular formula is C18H29N3O4. The molecule has 0 aromatic carbocycles. The average molecular weight is 351 g/mol. The Balaban J connectivity index is 1.63. The monoisotopic (exact) mass is 351 g/mol. The molecule has 1 saturated carbocycles. The Kier molecular flexibility index (Phi) is 6.87. The first-order valence-electron chi connectivity index (χ1n) is 8.95. The van der Waals surface area contributed by atoms with Gasteiger partial charge in [-0.1, -0.05) is 6.92 Å². The maximum Gasteiger partial charge on any atom is 0.317 e. The molecule has 0 saturated heterocycles. The van der Waals surface area contributed by atoms with E-state index in [2.05, 4.69) is 10.6 Å². The van der Waals surface area contributed by atoms with E-state index in [-0.39, 0.29) is 30.7 Å². The fourth-order valence-electron chi connectivity index (χ4n) is 3.18. The summed E-state index contributed by atoms with van der Waals surface area (Å²) in [6.45, 7) is 6.62. The van der Waals surface area contributed by atoms with E-state index in [1.807, 2.05) is 37.8 Å². The van der Waals surface area contributed by atoms with Crippen LogP contribution in [0, 0.1) is 6.92 Å². The zero-order valence-corrected chi connectivity index (χ0v) is 15.2. The summed E-state index contributed by atoms with van der Waals surface area (Å²) in [4.78, 5) is 24.8. The van der Waals surface area contributed by atoms with E-state index < -0.39 is 5.97 Å². The van der Waals surface area contributed by atoms with Crippen molar-refractivity contribution >= 4 is 12.0 Å². The van der Waals surface area contributed by atoms with Crippen LogP contribution in [0.3, 0.4) is 0 Å². The lowest BCUT2D eigenvalue weighted by atomic mass is 9.85. The maximum absolute atomic E-state index is 12.0. The van der Waals surface area contributed by atoms with Crippen molar-refractivity contribution in [2.24, 2.45) is 0 Å². The Morgan fingerprint density at radius 1 is 1.40 bits per heavy atom. The molecule has 7 nitrogen and oxygen atoms in total. The smallest absolute Gasteiger partial charge is 0.317 e. The number of carboxylic acids is 1. The molecule has 2 amide bonds. The van der Waals surface area contributed by atoms with Crippen LogP contribution in [0.4, 0.5) is 4.79 Å². The Labute approximate surface area is 148 Å². The number of likely N-dealkylation sites (N-methyl/N-ethyl adjacent to an activating group) is 1. The van der Waals surface area contributed by atoms with Crippen LogP contribution in [0.1, 0.15) is 44.6 Å². The molecule has 1 aliphatic rings. The molecule has 1 fully saturated rings. The van der Waals surface area contributed by atoms with Crippen LogP contribution in [0.5, 0.6) is 0 Å². The number of carbonyl (C=O) groups excluding carboxylic acids is 1. The van der Waals surface area contributed by atoms with Crippen molar-refractivity contribution in [2.45, 2.75) is 64.6 Å². The standard InChI is InChI=1S/C18H29N3O4/c1-4-21(11-17(22)23)15-9-14(10-15)20-18(24)19-12(2)5-7-16-8-6-13(3)25-16/h6,8,12,14-15H,4-5,7,9-11H2,1-3H3,(H,22,23)(H2,19,20,24). The van der Waals surface area contributed by atoms with E-state index >= 15 is 0 Å². The van der Waals surface area contributed by atoms with E-state index in [0.717, 1.165) is 37.2 Å². The molecule has 0 spiro atoms. The van der Waals surface area contributed by atoms with Crippen LogP contribution in [0.15, 0.2) is 16.5 Å². The Hall–Kier alpha value is -2.02. The van der Waals surface area contributed by atoms with Gasteiger partial charge in [-0.15, -0.1) is 0 Å². The molecule has 0 radical (unpaired) electrons. The van der Waals surface area contributed by atoms with Gasteiger partial charge in [-0.3, -0.25) is 9.69 Å². The predicted octanol–water partition coefficient (Wildman–Crippen LogP) is 2.15. The summed E-state index contributed by atoms with van der Waals surface area (Å²) in [6.07, 6.45) is 3.21. The molecule has 3 N–H and O–H groups in total. The lowest BCUT2D eigenvalue weighted by Crippen LogP contribution is -2.57. The molecule has 25 heavy (non-hydrogen) atoms. The lowest BCUT2D eigenvalue weighted by Gasteiger charge is -2.42. The first-order chi connectivity index (χ1) is 11.9. The molecule has 140 valence electrons. The molecule has 1 unspecified atom stereocenters. The highest BCUT2D eigenvalue weighted by molar-refractivity contribution is 5.74. The second-order valence-corrected chi connectivity index (χ2v) is 6.85. The van der Waals surface area contributed by atoms with E-state index in [1.54, 1.807) is 0 Å². The van der Waals surface area contributed by atoms with Gasteiger partial charge in [0.25, 0.3) is 0 Å². The van der Waals surface area contributed by atoms with E-state index in [4.69, 9.17) is 9.52 Å². The number of hydrogen-bond donors (Lipinski definition) is 3. The van der Waals surface area contributed by atoms with Crippen molar-refractivity contribution in [3.8, 4) is 0 Å². The number of nitrogens with one attached hydrogen (secondary N) is 2. The third-order valence-electron chi connectivity index (χ3n) is 4.71. The molecular weight excluding hydrogens is 322 g/mol. The Morgan fingerprint density at radius 3 is 2.68 bits per heavy atom. The van der Waals surface area contributed by atoms with Gasteiger partial charge in [-0.2, -0.15) is 0 Å². The summed E-state index contributed by atoms with van der Waals surface area (Å²) in [5, 5.41) is 14.8. The van der Waals surface area contributed by atoms with Crippen molar-refractivity contribution in [1.29, 1.82) is 0 Å². The molecule has 1 aliphatic carbocycles. The van der Waals surface area contributed by atoms with Crippen molar-refractivity contribution in [3.05, 3.63) is 23.7 Å². The van der Waals surface area contributed by atoms with E-state index in [0.29, 0.717) is 6.54 Å². The molecule has 1 aromatic rings. The molecule has 1 atom stereocenters. The third-order valence-corrected chi connectivity index (χ3v) is 4.71.